The average Bonchev–Trinajstić information content (AvgIpc) is 3.05. The summed E-state index contributed by atoms with van der Waals surface area (Å²) in [4.78, 5) is 35.9. The predicted octanol–water partition coefficient (Wildman–Crippen LogP) is 13.0. The smallest absolute Gasteiger partial charge is 0.414 e. The van der Waals surface area contributed by atoms with Crippen LogP contribution in [0.15, 0.2) is 70.9 Å². The Morgan fingerprint density at radius 2 is 1.29 bits per heavy atom. The monoisotopic (exact) mass is 715 g/mol. The van der Waals surface area contributed by atoms with Gasteiger partial charge in [0, 0.05) is 36.6 Å². The summed E-state index contributed by atoms with van der Waals surface area (Å²) < 4.78 is 11.8. The Hall–Kier alpha value is -4.07. The lowest BCUT2D eigenvalue weighted by molar-refractivity contribution is 0.0313. The molecular weight excluding hydrogens is 649 g/mol. The minimum Gasteiger partial charge on any atom is -0.443 e. The molecule has 1 aliphatic carbocycles. The first-order valence-corrected chi connectivity index (χ1v) is 19.6. The van der Waals surface area contributed by atoms with Crippen LogP contribution in [0.5, 0.6) is 0 Å². The van der Waals surface area contributed by atoms with Gasteiger partial charge in [0.05, 0.1) is 17.1 Å². The van der Waals surface area contributed by atoms with Crippen molar-refractivity contribution in [1.29, 1.82) is 0 Å². The molecular formula is C44H66N4O4. The molecule has 0 unspecified atom stereocenters. The fourth-order valence-corrected chi connectivity index (χ4v) is 6.14. The average molecular weight is 715 g/mol. The first-order chi connectivity index (χ1) is 24.6. The second kappa shape index (κ2) is 20.2. The van der Waals surface area contributed by atoms with E-state index in [0.717, 1.165) is 83.8 Å². The van der Waals surface area contributed by atoms with Crippen molar-refractivity contribution in [2.24, 2.45) is 4.99 Å². The van der Waals surface area contributed by atoms with Crippen molar-refractivity contribution < 1.29 is 19.1 Å². The molecule has 2 amide bonds. The van der Waals surface area contributed by atoms with Crippen LogP contribution in [0, 0.1) is 6.92 Å². The van der Waals surface area contributed by atoms with Crippen LogP contribution < -0.4 is 10.2 Å². The van der Waals surface area contributed by atoms with Gasteiger partial charge in [0.15, 0.2) is 0 Å². The van der Waals surface area contributed by atoms with Gasteiger partial charge < -0.3 is 14.8 Å². The SMILES string of the molecule is CCCCCCCN(C(=O)OC(C)(C)C)C1=CCC(=Nc2cc(C)c(N(CCCCCCC)C(=O)OC(C)(C)C)cc2Nc2ccccc2)C=C1C. The van der Waals surface area contributed by atoms with Gasteiger partial charge in [-0.05, 0) is 110 Å². The number of nitrogens with one attached hydrogen (secondary N) is 1. The maximum atomic E-state index is 13.7. The number of para-hydroxylation sites is 1. The quantitative estimate of drug-likeness (QED) is 0.165. The Balaban J connectivity index is 2.00. The molecule has 52 heavy (non-hydrogen) atoms. The van der Waals surface area contributed by atoms with Crippen LogP contribution in [0.2, 0.25) is 0 Å². The highest BCUT2D eigenvalue weighted by atomic mass is 16.6. The maximum Gasteiger partial charge on any atom is 0.414 e. The fourth-order valence-electron chi connectivity index (χ4n) is 6.14. The van der Waals surface area contributed by atoms with E-state index in [1.807, 2.05) is 97.9 Å². The summed E-state index contributed by atoms with van der Waals surface area (Å²) in [6.45, 7) is 21.1. The summed E-state index contributed by atoms with van der Waals surface area (Å²) in [6, 6.07) is 14.1. The lowest BCUT2D eigenvalue weighted by Crippen LogP contribution is -2.38. The van der Waals surface area contributed by atoms with Gasteiger partial charge >= 0.3 is 12.2 Å². The number of unbranched alkanes of at least 4 members (excludes halogenated alkanes) is 8. The van der Waals surface area contributed by atoms with E-state index in [0.29, 0.717) is 19.5 Å². The van der Waals surface area contributed by atoms with Gasteiger partial charge in [-0.15, -0.1) is 0 Å². The van der Waals surface area contributed by atoms with Crippen molar-refractivity contribution in [3.05, 3.63) is 71.5 Å². The van der Waals surface area contributed by atoms with Crippen molar-refractivity contribution in [2.75, 3.05) is 23.3 Å². The number of aliphatic imine (C=N–C) groups is 1. The Labute approximate surface area is 314 Å². The van der Waals surface area contributed by atoms with Crippen molar-refractivity contribution in [3.63, 3.8) is 0 Å². The van der Waals surface area contributed by atoms with Crippen LogP contribution in [0.1, 0.15) is 139 Å². The van der Waals surface area contributed by atoms with Crippen LogP contribution >= 0.6 is 0 Å². The molecule has 1 aliphatic rings. The molecule has 0 atom stereocenters. The minimum absolute atomic E-state index is 0.317. The molecule has 286 valence electrons. The van der Waals surface area contributed by atoms with Crippen LogP contribution in [-0.2, 0) is 9.47 Å². The second-order valence-electron chi connectivity index (χ2n) is 16.0. The zero-order chi connectivity index (χ0) is 38.3. The van der Waals surface area contributed by atoms with Crippen LogP contribution in [0.3, 0.4) is 0 Å². The predicted molar refractivity (Wildman–Crippen MR) is 218 cm³/mol. The van der Waals surface area contributed by atoms with Gasteiger partial charge in [0.2, 0.25) is 0 Å². The maximum absolute atomic E-state index is 13.7. The van der Waals surface area contributed by atoms with E-state index >= 15 is 0 Å². The normalized spacial score (nSPS) is 14.1. The number of allylic oxidation sites excluding steroid dienone is 3. The summed E-state index contributed by atoms with van der Waals surface area (Å²) in [6.07, 6.45) is 15.1. The largest absolute Gasteiger partial charge is 0.443 e. The number of carbonyl (C=O) groups excluding carboxylic acids is 2. The molecule has 3 rings (SSSR count). The van der Waals surface area contributed by atoms with E-state index in [1.54, 1.807) is 9.80 Å². The van der Waals surface area contributed by atoms with Gasteiger partial charge in [-0.2, -0.15) is 0 Å². The summed E-state index contributed by atoms with van der Waals surface area (Å²) in [5.74, 6) is 0. The number of benzene rings is 2. The summed E-state index contributed by atoms with van der Waals surface area (Å²) in [7, 11) is 0. The molecule has 1 N–H and O–H groups in total. The molecule has 0 fully saturated rings. The zero-order valence-electron chi connectivity index (χ0n) is 33.9. The van der Waals surface area contributed by atoms with Crippen molar-refractivity contribution in [1.82, 2.24) is 4.90 Å². The van der Waals surface area contributed by atoms with Gasteiger partial charge in [0.25, 0.3) is 0 Å². The molecule has 0 radical (unpaired) electrons. The van der Waals surface area contributed by atoms with Crippen molar-refractivity contribution in [3.8, 4) is 0 Å². The number of anilines is 3. The number of amides is 2. The van der Waals surface area contributed by atoms with E-state index in [9.17, 15) is 9.59 Å². The van der Waals surface area contributed by atoms with Crippen LogP contribution in [0.25, 0.3) is 0 Å². The number of hydrogen-bond donors (Lipinski definition) is 1. The van der Waals surface area contributed by atoms with E-state index in [1.165, 1.54) is 25.7 Å². The van der Waals surface area contributed by atoms with Gasteiger partial charge in [-0.25, -0.2) is 9.59 Å². The Kier molecular flexibility index (Phi) is 16.5. The highest BCUT2D eigenvalue weighted by Gasteiger charge is 2.28. The minimum atomic E-state index is -0.617. The fraction of sp³-hybridized carbons (Fsp3) is 0.568. The Morgan fingerprint density at radius 1 is 0.750 bits per heavy atom. The molecule has 2 aromatic carbocycles. The molecule has 0 saturated carbocycles. The third kappa shape index (κ3) is 14.2. The zero-order valence-corrected chi connectivity index (χ0v) is 33.9. The molecule has 0 spiro atoms. The number of nitrogens with zero attached hydrogens (tertiary/aromatic N) is 3. The molecule has 8 heteroatoms. The molecule has 0 saturated heterocycles. The van der Waals surface area contributed by atoms with Crippen molar-refractivity contribution in [2.45, 2.75) is 151 Å². The first-order valence-electron chi connectivity index (χ1n) is 19.6. The number of ether oxygens (including phenoxy) is 2. The number of aryl methyl sites for hydroxylation is 1. The molecule has 0 heterocycles. The third-order valence-electron chi connectivity index (χ3n) is 8.70. The van der Waals surface area contributed by atoms with Crippen molar-refractivity contribution >= 4 is 40.6 Å². The number of carbonyl (C=O) groups is 2. The topological polar surface area (TPSA) is 83.5 Å². The highest BCUT2D eigenvalue weighted by molar-refractivity contribution is 6.02. The van der Waals surface area contributed by atoms with Crippen LogP contribution in [-0.4, -0.2) is 47.1 Å². The summed E-state index contributed by atoms with van der Waals surface area (Å²) in [5.41, 5.74) is 5.75. The summed E-state index contributed by atoms with van der Waals surface area (Å²) in [5, 5.41) is 3.58. The standard InChI is InChI=1S/C44H66N4O4/c1-11-13-15-17-22-28-47(41(49)51-43(5,6)7)39-27-26-36(30-33(39)3)46-37-31-34(4)40(32-38(37)45-35-24-20-19-21-25-35)48(29-23-18-16-14-12-2)42(50)52-44(8,9)10/h19-21,24-25,27,30-32,45H,11-18,22-23,26,28-29H2,1-10H3. The van der Waals surface area contributed by atoms with E-state index in [-0.39, 0.29) is 12.2 Å². The third-order valence-corrected chi connectivity index (χ3v) is 8.70. The molecule has 8 nitrogen and oxygen atoms in total. The van der Waals surface area contributed by atoms with Gasteiger partial charge in [0.1, 0.15) is 11.2 Å². The van der Waals surface area contributed by atoms with E-state index in [4.69, 9.17) is 14.5 Å². The highest BCUT2D eigenvalue weighted by Crippen LogP contribution is 2.37. The lowest BCUT2D eigenvalue weighted by Gasteiger charge is -2.31. The molecule has 0 aliphatic heterocycles. The van der Waals surface area contributed by atoms with Gasteiger partial charge in [-0.3, -0.25) is 14.8 Å². The molecule has 0 bridgehead atoms. The van der Waals surface area contributed by atoms with E-state index in [2.05, 4.69) is 31.3 Å². The second-order valence-corrected chi connectivity index (χ2v) is 16.0. The summed E-state index contributed by atoms with van der Waals surface area (Å²) >= 11 is 0. The molecule has 0 aromatic heterocycles. The number of hydrogen-bond acceptors (Lipinski definition) is 6. The Bertz CT molecular complexity index is 1550. The van der Waals surface area contributed by atoms with Gasteiger partial charge in [-0.1, -0.05) is 89.5 Å². The van der Waals surface area contributed by atoms with Crippen LogP contribution in [0.4, 0.5) is 32.3 Å². The Morgan fingerprint density at radius 3 is 1.83 bits per heavy atom. The molecule has 2 aromatic rings. The lowest BCUT2D eigenvalue weighted by atomic mass is 10.0. The number of rotatable bonds is 17. The first kappa shape index (κ1) is 42.3. The van der Waals surface area contributed by atoms with E-state index < -0.39 is 11.2 Å².